The van der Waals surface area contributed by atoms with Gasteiger partial charge in [-0.1, -0.05) is 0 Å². The number of carbonyl (C=O) groups is 1. The molecule has 16 heavy (non-hydrogen) atoms. The fraction of sp³-hybridized carbons (Fsp3) is 0.556. The molecule has 1 aromatic heterocycles. The van der Waals surface area contributed by atoms with Gasteiger partial charge in [0.25, 0.3) is 0 Å². The van der Waals surface area contributed by atoms with Gasteiger partial charge in [0.05, 0.1) is 0 Å². The highest BCUT2D eigenvalue weighted by Gasteiger charge is 2.09. The van der Waals surface area contributed by atoms with Crippen LogP contribution in [0.2, 0.25) is 0 Å². The highest BCUT2D eigenvalue weighted by molar-refractivity contribution is 7.84. The first kappa shape index (κ1) is 12.7. The number of nitrogen functional groups attached to an aromatic ring is 1. The molecule has 0 radical (unpaired) electrons. The monoisotopic (exact) mass is 244 g/mol. The zero-order chi connectivity index (χ0) is 12.1. The van der Waals surface area contributed by atoms with Gasteiger partial charge < -0.3 is 11.1 Å². The van der Waals surface area contributed by atoms with E-state index in [9.17, 15) is 9.00 Å². The van der Waals surface area contributed by atoms with Gasteiger partial charge in [-0.05, 0) is 13.0 Å². The molecule has 1 amide bonds. The summed E-state index contributed by atoms with van der Waals surface area (Å²) in [7, 11) is -0.926. The average Bonchev–Trinajstić information content (AvgIpc) is 2.60. The number of nitrogens with one attached hydrogen (secondary N) is 1. The van der Waals surface area contributed by atoms with Crippen LogP contribution in [0, 0.1) is 0 Å². The Morgan fingerprint density at radius 1 is 1.75 bits per heavy atom. The molecule has 0 aliphatic carbocycles. The molecular weight excluding hydrogens is 228 g/mol. The van der Waals surface area contributed by atoms with Crippen molar-refractivity contribution in [1.82, 2.24) is 15.1 Å². The molecule has 0 bridgehead atoms. The van der Waals surface area contributed by atoms with E-state index >= 15 is 0 Å². The smallest absolute Gasteiger partial charge is 0.241 e. The minimum atomic E-state index is -0.926. The number of nitrogens with zero attached hydrogens (tertiary/aromatic N) is 2. The first-order valence-electron chi connectivity index (χ1n) is 4.87. The summed E-state index contributed by atoms with van der Waals surface area (Å²) in [6.07, 6.45) is 3.25. The zero-order valence-electron chi connectivity index (χ0n) is 9.34. The lowest BCUT2D eigenvalue weighted by Gasteiger charge is -2.09. The van der Waals surface area contributed by atoms with E-state index in [4.69, 9.17) is 5.73 Å². The maximum Gasteiger partial charge on any atom is 0.241 e. The number of anilines is 1. The second-order valence-corrected chi connectivity index (χ2v) is 5.35. The third kappa shape index (κ3) is 4.01. The average molecular weight is 244 g/mol. The molecule has 0 saturated carbocycles. The van der Waals surface area contributed by atoms with Crippen molar-refractivity contribution >= 4 is 22.5 Å². The topological polar surface area (TPSA) is 90.0 Å². The van der Waals surface area contributed by atoms with Gasteiger partial charge in [0.1, 0.15) is 12.4 Å². The van der Waals surface area contributed by atoms with Gasteiger partial charge in [-0.15, -0.1) is 0 Å². The van der Waals surface area contributed by atoms with Crippen molar-refractivity contribution in [3.63, 3.8) is 0 Å². The van der Waals surface area contributed by atoms with Gasteiger partial charge in [0, 0.05) is 35.0 Å². The Labute approximate surface area is 96.7 Å². The van der Waals surface area contributed by atoms with E-state index in [1.807, 2.05) is 6.92 Å². The minimum absolute atomic E-state index is 0.0494. The van der Waals surface area contributed by atoms with Crippen molar-refractivity contribution < 1.29 is 9.00 Å². The Morgan fingerprint density at radius 2 is 2.44 bits per heavy atom. The fourth-order valence-electron chi connectivity index (χ4n) is 1.04. The maximum atomic E-state index is 11.4. The summed E-state index contributed by atoms with van der Waals surface area (Å²) in [6.45, 7) is 2.35. The molecule has 3 N–H and O–H groups in total. The maximum absolute atomic E-state index is 11.4. The van der Waals surface area contributed by atoms with Gasteiger partial charge in [-0.2, -0.15) is 5.10 Å². The number of aromatic nitrogens is 2. The number of rotatable bonds is 5. The molecule has 0 fully saturated rings. The summed E-state index contributed by atoms with van der Waals surface area (Å²) in [5, 5.41) is 6.52. The van der Waals surface area contributed by atoms with Crippen LogP contribution in [0.5, 0.6) is 0 Å². The van der Waals surface area contributed by atoms with E-state index in [-0.39, 0.29) is 17.7 Å². The predicted molar refractivity (Wildman–Crippen MR) is 63.2 cm³/mol. The van der Waals surface area contributed by atoms with Crippen molar-refractivity contribution in [1.29, 1.82) is 0 Å². The summed E-state index contributed by atoms with van der Waals surface area (Å²) in [5.41, 5.74) is 5.41. The molecular formula is C9H16N4O2S. The number of hydrogen-bond donors (Lipinski definition) is 2. The van der Waals surface area contributed by atoms with Crippen LogP contribution in [0.25, 0.3) is 0 Å². The number of amides is 1. The second-order valence-electron chi connectivity index (χ2n) is 3.55. The third-order valence-corrected chi connectivity index (χ3v) is 3.42. The van der Waals surface area contributed by atoms with Gasteiger partial charge in [0.2, 0.25) is 5.91 Å². The van der Waals surface area contributed by atoms with Crippen LogP contribution in [0.4, 0.5) is 5.82 Å². The molecule has 0 aliphatic heterocycles. The molecule has 1 aromatic rings. The summed E-state index contributed by atoms with van der Waals surface area (Å²) in [6, 6.07) is 1.62. The van der Waals surface area contributed by atoms with Crippen LogP contribution in [0.15, 0.2) is 12.3 Å². The zero-order valence-corrected chi connectivity index (χ0v) is 10.2. The van der Waals surface area contributed by atoms with Gasteiger partial charge in [-0.25, -0.2) is 0 Å². The summed E-state index contributed by atoms with van der Waals surface area (Å²) < 4.78 is 12.5. The van der Waals surface area contributed by atoms with E-state index in [0.717, 1.165) is 0 Å². The summed E-state index contributed by atoms with van der Waals surface area (Å²) in [4.78, 5) is 11.4. The number of carbonyl (C=O) groups excluding carboxylic acids is 1. The first-order valence-corrected chi connectivity index (χ1v) is 6.49. The van der Waals surface area contributed by atoms with Gasteiger partial charge >= 0.3 is 0 Å². The normalized spacial score (nSPS) is 14.4. The Bertz CT molecular complexity index is 391. The van der Waals surface area contributed by atoms with Gasteiger partial charge in [-0.3, -0.25) is 13.7 Å². The molecule has 90 valence electrons. The summed E-state index contributed by atoms with van der Waals surface area (Å²) >= 11 is 0. The predicted octanol–water partition coefficient (Wildman–Crippen LogP) is -0.651. The van der Waals surface area contributed by atoms with Crippen molar-refractivity contribution in [2.75, 3.05) is 18.5 Å². The molecule has 0 aromatic carbocycles. The highest BCUT2D eigenvalue weighted by atomic mass is 32.2. The van der Waals surface area contributed by atoms with Crippen molar-refractivity contribution in [3.8, 4) is 0 Å². The van der Waals surface area contributed by atoms with E-state index in [1.54, 1.807) is 18.5 Å². The number of nitrogens with two attached hydrogens (primary N) is 1. The van der Waals surface area contributed by atoms with Crippen LogP contribution in [-0.2, 0) is 22.1 Å². The largest absolute Gasteiger partial charge is 0.382 e. The molecule has 7 heteroatoms. The molecule has 2 atom stereocenters. The Kier molecular flexibility index (Phi) is 4.48. The van der Waals surface area contributed by atoms with E-state index in [2.05, 4.69) is 10.4 Å². The van der Waals surface area contributed by atoms with Gasteiger partial charge in [0.15, 0.2) is 0 Å². The van der Waals surface area contributed by atoms with Crippen LogP contribution < -0.4 is 11.1 Å². The van der Waals surface area contributed by atoms with Crippen molar-refractivity contribution in [3.05, 3.63) is 12.3 Å². The molecule has 1 heterocycles. The SMILES string of the molecule is CC(CNC(=O)Cn1ccc(N)n1)S(C)=O. The molecule has 1 rings (SSSR count). The first-order chi connectivity index (χ1) is 7.49. The van der Waals surface area contributed by atoms with Crippen LogP contribution >= 0.6 is 0 Å². The highest BCUT2D eigenvalue weighted by Crippen LogP contribution is 1.95. The summed E-state index contributed by atoms with van der Waals surface area (Å²) in [5.74, 6) is 0.219. The lowest BCUT2D eigenvalue weighted by molar-refractivity contribution is -0.121. The quantitative estimate of drug-likeness (QED) is 0.720. The molecule has 0 spiro atoms. The molecule has 2 unspecified atom stereocenters. The number of hydrogen-bond acceptors (Lipinski definition) is 4. The van der Waals surface area contributed by atoms with E-state index in [0.29, 0.717) is 12.4 Å². The Balaban J connectivity index is 2.34. The fourth-order valence-corrected chi connectivity index (χ4v) is 1.36. The molecule has 0 saturated heterocycles. The Morgan fingerprint density at radius 3 is 2.94 bits per heavy atom. The van der Waals surface area contributed by atoms with E-state index < -0.39 is 10.8 Å². The van der Waals surface area contributed by atoms with Crippen molar-refractivity contribution in [2.45, 2.75) is 18.7 Å². The third-order valence-electron chi connectivity index (χ3n) is 2.12. The lowest BCUT2D eigenvalue weighted by Crippen LogP contribution is -2.34. The van der Waals surface area contributed by atoms with Crippen LogP contribution in [0.1, 0.15) is 6.92 Å². The molecule has 0 aliphatic rings. The minimum Gasteiger partial charge on any atom is -0.382 e. The second kappa shape index (κ2) is 5.64. The Hall–Kier alpha value is -1.37. The standard InChI is InChI=1S/C9H16N4O2S/c1-7(16(2)15)5-11-9(14)6-13-4-3-8(10)12-13/h3-4,7H,5-6H2,1-2H3,(H2,10,12)(H,11,14). The van der Waals surface area contributed by atoms with E-state index in [1.165, 1.54) is 4.68 Å². The van der Waals surface area contributed by atoms with Crippen molar-refractivity contribution in [2.24, 2.45) is 0 Å². The lowest BCUT2D eigenvalue weighted by atomic mass is 10.4. The van der Waals surface area contributed by atoms with Crippen LogP contribution in [0.3, 0.4) is 0 Å². The van der Waals surface area contributed by atoms with Crippen LogP contribution in [-0.4, -0.2) is 37.9 Å². The molecule has 6 nitrogen and oxygen atoms in total.